The van der Waals surface area contributed by atoms with Crippen molar-refractivity contribution in [1.82, 2.24) is 0 Å². The second-order valence-corrected chi connectivity index (χ2v) is 11.1. The lowest BCUT2D eigenvalue weighted by Crippen LogP contribution is -2.36. The summed E-state index contributed by atoms with van der Waals surface area (Å²) < 4.78 is 6.47. The molecular formula is C28H48O2. The summed E-state index contributed by atoms with van der Waals surface area (Å²) in [5.41, 5.74) is 3.06. The molecule has 30 heavy (non-hydrogen) atoms. The molecule has 0 saturated heterocycles. The zero-order valence-electron chi connectivity index (χ0n) is 20.9. The summed E-state index contributed by atoms with van der Waals surface area (Å²) in [7, 11) is 0. The number of ether oxygens (including phenoxy) is 1. The number of aromatic hydroxyl groups is 1. The Balaban J connectivity index is 1.68. The maximum Gasteiger partial charge on any atom is 0.124 e. The van der Waals surface area contributed by atoms with Gasteiger partial charge in [0.2, 0.25) is 0 Å². The predicted molar refractivity (Wildman–Crippen MR) is 130 cm³/mol. The molecule has 3 atom stereocenters. The van der Waals surface area contributed by atoms with E-state index in [1.807, 2.05) is 19.9 Å². The van der Waals surface area contributed by atoms with Gasteiger partial charge in [-0.2, -0.15) is 0 Å². The van der Waals surface area contributed by atoms with Gasteiger partial charge in [-0.1, -0.05) is 72.6 Å². The molecule has 2 nitrogen and oxygen atoms in total. The molecule has 1 aromatic rings. The third kappa shape index (κ3) is 7.50. The van der Waals surface area contributed by atoms with Crippen LogP contribution >= 0.6 is 0 Å². The lowest BCUT2D eigenvalue weighted by Gasteiger charge is -2.37. The number of aryl methyl sites for hydroxylation is 1. The lowest BCUT2D eigenvalue weighted by molar-refractivity contribution is 0.0520. The molecule has 2 rings (SSSR count). The van der Waals surface area contributed by atoms with Gasteiger partial charge in [-0.3, -0.25) is 0 Å². The third-order valence-corrected chi connectivity index (χ3v) is 7.36. The molecular weight excluding hydrogens is 368 g/mol. The smallest absolute Gasteiger partial charge is 0.124 e. The predicted octanol–water partition coefficient (Wildman–Crippen LogP) is 8.53. The van der Waals surface area contributed by atoms with E-state index in [-0.39, 0.29) is 5.60 Å². The van der Waals surface area contributed by atoms with Crippen molar-refractivity contribution in [3.63, 3.8) is 0 Å². The molecule has 0 radical (unpaired) electrons. The van der Waals surface area contributed by atoms with Crippen molar-refractivity contribution >= 4 is 0 Å². The van der Waals surface area contributed by atoms with E-state index in [4.69, 9.17) is 4.74 Å². The van der Waals surface area contributed by atoms with Gasteiger partial charge in [-0.05, 0) is 81.4 Å². The van der Waals surface area contributed by atoms with Crippen molar-refractivity contribution in [3.05, 3.63) is 22.8 Å². The van der Waals surface area contributed by atoms with Crippen LogP contribution in [0.2, 0.25) is 0 Å². The highest BCUT2D eigenvalue weighted by Crippen LogP contribution is 2.41. The average molecular weight is 417 g/mol. The maximum absolute atomic E-state index is 10.2. The quantitative estimate of drug-likeness (QED) is 0.370. The Labute approximate surface area is 186 Å². The van der Waals surface area contributed by atoms with E-state index in [1.165, 1.54) is 56.9 Å². The first-order valence-electron chi connectivity index (χ1n) is 12.6. The van der Waals surface area contributed by atoms with Gasteiger partial charge in [-0.25, -0.2) is 0 Å². The highest BCUT2D eigenvalue weighted by atomic mass is 16.5. The van der Waals surface area contributed by atoms with Crippen LogP contribution in [0.15, 0.2) is 6.07 Å². The largest absolute Gasteiger partial charge is 0.507 e. The molecule has 0 amide bonds. The van der Waals surface area contributed by atoms with E-state index in [0.29, 0.717) is 5.75 Å². The molecule has 0 spiro atoms. The van der Waals surface area contributed by atoms with Crippen LogP contribution in [0.3, 0.4) is 0 Å². The number of hydrogen-bond donors (Lipinski definition) is 1. The van der Waals surface area contributed by atoms with Crippen LogP contribution in [0.5, 0.6) is 11.5 Å². The van der Waals surface area contributed by atoms with Crippen molar-refractivity contribution in [3.8, 4) is 11.5 Å². The standard InChI is InChI=1S/C28H48O2/c1-20(2)11-8-12-21(3)13-9-14-22(4)15-10-17-28(7)18-16-25-24(6)27(29)23(5)19-26(25)30-28/h19-22,29H,8-18H2,1-7H3/t21?,22?,28-/m1/s1. The van der Waals surface area contributed by atoms with Gasteiger partial charge in [0.25, 0.3) is 0 Å². The Morgan fingerprint density at radius 3 is 2.10 bits per heavy atom. The van der Waals surface area contributed by atoms with E-state index in [2.05, 4.69) is 34.6 Å². The van der Waals surface area contributed by atoms with Crippen LogP contribution in [-0.2, 0) is 6.42 Å². The van der Waals surface area contributed by atoms with Gasteiger partial charge in [0.05, 0.1) is 0 Å². The molecule has 0 saturated carbocycles. The monoisotopic (exact) mass is 416 g/mol. The van der Waals surface area contributed by atoms with Gasteiger partial charge >= 0.3 is 0 Å². The minimum Gasteiger partial charge on any atom is -0.507 e. The van der Waals surface area contributed by atoms with Gasteiger partial charge in [-0.15, -0.1) is 0 Å². The van der Waals surface area contributed by atoms with Crippen LogP contribution in [-0.4, -0.2) is 10.7 Å². The number of phenolic OH excluding ortho intramolecular Hbond substituents is 1. The summed E-state index contributed by atoms with van der Waals surface area (Å²) in [5, 5.41) is 10.2. The Morgan fingerprint density at radius 1 is 0.933 bits per heavy atom. The van der Waals surface area contributed by atoms with Crippen LogP contribution in [0.1, 0.15) is 116 Å². The zero-order valence-corrected chi connectivity index (χ0v) is 20.9. The van der Waals surface area contributed by atoms with Crippen LogP contribution < -0.4 is 4.74 Å². The molecule has 2 heteroatoms. The summed E-state index contributed by atoms with van der Waals surface area (Å²) in [4.78, 5) is 0. The van der Waals surface area contributed by atoms with E-state index >= 15 is 0 Å². The fraction of sp³-hybridized carbons (Fsp3) is 0.786. The molecule has 0 aliphatic carbocycles. The first-order valence-corrected chi connectivity index (χ1v) is 12.6. The van der Waals surface area contributed by atoms with Crippen molar-refractivity contribution in [2.75, 3.05) is 0 Å². The minimum atomic E-state index is -0.0620. The molecule has 0 bridgehead atoms. The highest BCUT2D eigenvalue weighted by molar-refractivity contribution is 5.53. The number of fused-ring (bicyclic) bond motifs is 1. The number of hydrogen-bond acceptors (Lipinski definition) is 2. The Morgan fingerprint density at radius 2 is 1.50 bits per heavy atom. The van der Waals surface area contributed by atoms with Crippen molar-refractivity contribution in [1.29, 1.82) is 0 Å². The molecule has 1 aromatic carbocycles. The third-order valence-electron chi connectivity index (χ3n) is 7.36. The second kappa shape index (κ2) is 11.4. The van der Waals surface area contributed by atoms with Crippen molar-refractivity contribution in [2.24, 2.45) is 17.8 Å². The number of benzene rings is 1. The molecule has 1 aliphatic heterocycles. The number of rotatable bonds is 12. The van der Waals surface area contributed by atoms with E-state index in [9.17, 15) is 5.11 Å². The van der Waals surface area contributed by atoms with Crippen LogP contribution in [0.25, 0.3) is 0 Å². The van der Waals surface area contributed by atoms with Gasteiger partial charge in [0.1, 0.15) is 17.1 Å². The fourth-order valence-electron chi connectivity index (χ4n) is 5.06. The zero-order chi connectivity index (χ0) is 22.3. The van der Waals surface area contributed by atoms with E-state index in [0.717, 1.165) is 53.9 Å². The average Bonchev–Trinajstić information content (AvgIpc) is 2.65. The maximum atomic E-state index is 10.2. The topological polar surface area (TPSA) is 29.5 Å². The summed E-state index contributed by atoms with van der Waals surface area (Å²) in [6.45, 7) is 15.8. The molecule has 1 heterocycles. The van der Waals surface area contributed by atoms with Crippen LogP contribution in [0.4, 0.5) is 0 Å². The van der Waals surface area contributed by atoms with Crippen molar-refractivity contribution < 1.29 is 9.84 Å². The first-order chi connectivity index (χ1) is 14.1. The molecule has 2 unspecified atom stereocenters. The molecule has 1 N–H and O–H groups in total. The molecule has 0 aromatic heterocycles. The van der Waals surface area contributed by atoms with Gasteiger partial charge < -0.3 is 9.84 Å². The molecule has 172 valence electrons. The van der Waals surface area contributed by atoms with Crippen molar-refractivity contribution in [2.45, 2.75) is 125 Å². The Bertz CT molecular complexity index is 663. The Hall–Kier alpha value is -1.18. The van der Waals surface area contributed by atoms with E-state index in [1.54, 1.807) is 0 Å². The van der Waals surface area contributed by atoms with Crippen LogP contribution in [0, 0.1) is 31.6 Å². The lowest BCUT2D eigenvalue weighted by atomic mass is 9.85. The molecule has 0 fully saturated rings. The SMILES string of the molecule is Cc1cc2c(c(C)c1O)CC[C@@](C)(CCCC(C)CCCC(C)CCCC(C)C)O2. The molecule has 1 aliphatic rings. The summed E-state index contributed by atoms with van der Waals surface area (Å²) >= 11 is 0. The Kier molecular flexibility index (Phi) is 9.57. The summed E-state index contributed by atoms with van der Waals surface area (Å²) in [5.74, 6) is 3.98. The highest BCUT2D eigenvalue weighted by Gasteiger charge is 2.32. The number of phenols is 1. The fourth-order valence-corrected chi connectivity index (χ4v) is 5.06. The minimum absolute atomic E-state index is 0.0620. The van der Waals surface area contributed by atoms with Gasteiger partial charge in [0, 0.05) is 5.56 Å². The summed E-state index contributed by atoms with van der Waals surface area (Å²) in [6.07, 6.45) is 14.1. The summed E-state index contributed by atoms with van der Waals surface area (Å²) in [6, 6.07) is 2.03. The second-order valence-electron chi connectivity index (χ2n) is 11.1. The van der Waals surface area contributed by atoms with E-state index < -0.39 is 0 Å². The van der Waals surface area contributed by atoms with Gasteiger partial charge in [0.15, 0.2) is 0 Å². The normalized spacial score (nSPS) is 20.7. The first kappa shape index (κ1) is 25.1.